The van der Waals surface area contributed by atoms with E-state index in [2.05, 4.69) is 0 Å². The zero-order chi connectivity index (χ0) is 16.7. The molecule has 1 N–H and O–H groups in total. The minimum atomic E-state index is -5.19. The van der Waals surface area contributed by atoms with Gasteiger partial charge in [-0.3, -0.25) is 4.79 Å². The number of carbonyl (C=O) groups is 2. The van der Waals surface area contributed by atoms with Gasteiger partial charge in [-0.2, -0.15) is 13.2 Å². The summed E-state index contributed by atoms with van der Waals surface area (Å²) in [6, 6.07) is 2.72. The minimum absolute atomic E-state index is 0.0658. The standard InChI is InChI=1S/C12H8Cl2F3NO3S/c13-5-2-1-3-6(14)8(5)9-18(11(21)12(15,16)17)7(4-22-9)10(19)20/h1-3,7,9H,4H2,(H,19,20)/t7-,9?/m1/s1. The minimum Gasteiger partial charge on any atom is -0.480 e. The number of rotatable bonds is 2. The van der Waals surface area contributed by atoms with Crippen molar-refractivity contribution in [3.8, 4) is 0 Å². The van der Waals surface area contributed by atoms with Gasteiger partial charge in [0.25, 0.3) is 0 Å². The number of alkyl halides is 3. The largest absolute Gasteiger partial charge is 0.480 e. The van der Waals surface area contributed by atoms with E-state index in [-0.39, 0.29) is 26.3 Å². The van der Waals surface area contributed by atoms with E-state index < -0.39 is 29.5 Å². The molecule has 0 aromatic heterocycles. The Labute approximate surface area is 137 Å². The fourth-order valence-corrected chi connectivity index (χ4v) is 4.29. The predicted molar refractivity (Wildman–Crippen MR) is 76.0 cm³/mol. The van der Waals surface area contributed by atoms with Crippen LogP contribution in [-0.4, -0.2) is 39.9 Å². The van der Waals surface area contributed by atoms with Crippen LogP contribution in [0, 0.1) is 0 Å². The second kappa shape index (κ2) is 6.17. The summed E-state index contributed by atoms with van der Waals surface area (Å²) in [7, 11) is 0. The highest BCUT2D eigenvalue weighted by atomic mass is 35.5. The Kier molecular flexibility index (Phi) is 4.84. The molecule has 0 radical (unpaired) electrons. The van der Waals surface area contributed by atoms with E-state index in [1.165, 1.54) is 18.2 Å². The smallest absolute Gasteiger partial charge is 0.471 e. The second-order valence-electron chi connectivity index (χ2n) is 4.39. The van der Waals surface area contributed by atoms with Crippen LogP contribution in [-0.2, 0) is 9.59 Å². The van der Waals surface area contributed by atoms with Crippen LogP contribution in [0.4, 0.5) is 13.2 Å². The van der Waals surface area contributed by atoms with E-state index in [1.54, 1.807) is 0 Å². The van der Waals surface area contributed by atoms with E-state index in [0.717, 1.165) is 11.8 Å². The lowest BCUT2D eigenvalue weighted by Crippen LogP contribution is -2.48. The van der Waals surface area contributed by atoms with Gasteiger partial charge >= 0.3 is 18.1 Å². The highest BCUT2D eigenvalue weighted by molar-refractivity contribution is 7.99. The molecule has 1 fully saturated rings. The summed E-state index contributed by atoms with van der Waals surface area (Å²) in [6.07, 6.45) is -5.19. The third-order valence-corrected chi connectivity index (χ3v) is 4.96. The molecule has 2 atom stereocenters. The molecule has 120 valence electrons. The van der Waals surface area contributed by atoms with Gasteiger partial charge in [0.15, 0.2) is 0 Å². The molecule has 1 saturated heterocycles. The molecule has 1 aromatic carbocycles. The van der Waals surface area contributed by atoms with Crippen molar-refractivity contribution in [3.63, 3.8) is 0 Å². The monoisotopic (exact) mass is 373 g/mol. The molecule has 1 aliphatic rings. The maximum absolute atomic E-state index is 12.8. The number of aliphatic carboxylic acids is 1. The Morgan fingerprint density at radius 3 is 2.27 bits per heavy atom. The lowest BCUT2D eigenvalue weighted by molar-refractivity contribution is -0.189. The summed E-state index contributed by atoms with van der Waals surface area (Å²) >= 11 is 12.8. The number of thioether (sulfide) groups is 1. The number of carboxylic acids is 1. The number of benzene rings is 1. The van der Waals surface area contributed by atoms with E-state index in [0.29, 0.717) is 0 Å². The molecule has 0 spiro atoms. The van der Waals surface area contributed by atoms with Gasteiger partial charge in [-0.05, 0) is 12.1 Å². The van der Waals surface area contributed by atoms with Crippen molar-refractivity contribution in [2.24, 2.45) is 0 Å². The normalized spacial score (nSPS) is 22.0. The molecule has 1 unspecified atom stereocenters. The van der Waals surface area contributed by atoms with Crippen molar-refractivity contribution < 1.29 is 27.9 Å². The van der Waals surface area contributed by atoms with E-state index in [9.17, 15) is 22.8 Å². The first-order valence-electron chi connectivity index (χ1n) is 5.82. The van der Waals surface area contributed by atoms with Gasteiger partial charge in [0.2, 0.25) is 0 Å². The van der Waals surface area contributed by atoms with Crippen LogP contribution in [0.1, 0.15) is 10.9 Å². The van der Waals surface area contributed by atoms with Gasteiger partial charge in [0.05, 0.1) is 0 Å². The SMILES string of the molecule is O=C(O)[C@H]1CSC(c2c(Cl)cccc2Cl)N1C(=O)C(F)(F)F. The fourth-order valence-electron chi connectivity index (χ4n) is 2.06. The van der Waals surface area contributed by atoms with Crippen LogP contribution in [0.25, 0.3) is 0 Å². The molecular formula is C12H8Cl2F3NO3S. The average Bonchev–Trinajstić information content (AvgIpc) is 2.81. The third kappa shape index (κ3) is 3.13. The number of hydrogen-bond acceptors (Lipinski definition) is 3. The molecule has 0 saturated carbocycles. The zero-order valence-corrected chi connectivity index (χ0v) is 12.9. The molecule has 10 heteroatoms. The first kappa shape index (κ1) is 17.2. The van der Waals surface area contributed by atoms with Crippen LogP contribution in [0.3, 0.4) is 0 Å². The van der Waals surface area contributed by atoms with Crippen molar-refractivity contribution in [2.45, 2.75) is 17.6 Å². The van der Waals surface area contributed by atoms with Crippen molar-refractivity contribution in [3.05, 3.63) is 33.8 Å². The molecule has 22 heavy (non-hydrogen) atoms. The first-order valence-corrected chi connectivity index (χ1v) is 7.63. The fraction of sp³-hybridized carbons (Fsp3) is 0.333. The summed E-state index contributed by atoms with van der Waals surface area (Å²) in [6.45, 7) is 0. The Balaban J connectivity index is 2.51. The van der Waals surface area contributed by atoms with Crippen molar-refractivity contribution in [2.75, 3.05) is 5.75 Å². The second-order valence-corrected chi connectivity index (χ2v) is 6.31. The number of nitrogens with zero attached hydrogens (tertiary/aromatic N) is 1. The molecule has 0 bridgehead atoms. The Morgan fingerprint density at radius 1 is 1.27 bits per heavy atom. The van der Waals surface area contributed by atoms with Gasteiger partial charge in [0.1, 0.15) is 11.4 Å². The lowest BCUT2D eigenvalue weighted by Gasteiger charge is -2.29. The van der Waals surface area contributed by atoms with E-state index in [1.807, 2.05) is 0 Å². The topological polar surface area (TPSA) is 57.6 Å². The molecule has 1 aliphatic heterocycles. The molecule has 1 amide bonds. The summed E-state index contributed by atoms with van der Waals surface area (Å²) in [5.41, 5.74) is 0.0946. The van der Waals surface area contributed by atoms with Crippen molar-refractivity contribution in [1.29, 1.82) is 0 Å². The van der Waals surface area contributed by atoms with Crippen LogP contribution in [0.2, 0.25) is 10.0 Å². The summed E-state index contributed by atoms with van der Waals surface area (Å²) < 4.78 is 38.3. The summed E-state index contributed by atoms with van der Waals surface area (Å²) in [5.74, 6) is -3.94. The van der Waals surface area contributed by atoms with Gasteiger partial charge in [-0.1, -0.05) is 29.3 Å². The highest BCUT2D eigenvalue weighted by Gasteiger charge is 2.52. The Bertz CT molecular complexity index is 606. The number of halogens is 5. The van der Waals surface area contributed by atoms with Gasteiger partial charge in [-0.15, -0.1) is 11.8 Å². The lowest BCUT2D eigenvalue weighted by atomic mass is 10.1. The van der Waals surface area contributed by atoms with Crippen LogP contribution >= 0.6 is 35.0 Å². The van der Waals surface area contributed by atoms with Gasteiger partial charge in [0, 0.05) is 21.4 Å². The van der Waals surface area contributed by atoms with Crippen LogP contribution < -0.4 is 0 Å². The van der Waals surface area contributed by atoms with E-state index in [4.69, 9.17) is 28.3 Å². The maximum atomic E-state index is 12.8. The van der Waals surface area contributed by atoms with Gasteiger partial charge < -0.3 is 10.0 Å². The van der Waals surface area contributed by atoms with Crippen molar-refractivity contribution in [1.82, 2.24) is 4.90 Å². The zero-order valence-electron chi connectivity index (χ0n) is 10.6. The number of hydrogen-bond donors (Lipinski definition) is 1. The molecule has 1 aromatic rings. The Morgan fingerprint density at radius 2 is 1.82 bits per heavy atom. The van der Waals surface area contributed by atoms with Crippen LogP contribution in [0.15, 0.2) is 18.2 Å². The maximum Gasteiger partial charge on any atom is 0.471 e. The molecule has 0 aliphatic carbocycles. The van der Waals surface area contributed by atoms with Crippen LogP contribution in [0.5, 0.6) is 0 Å². The van der Waals surface area contributed by atoms with Crippen molar-refractivity contribution >= 4 is 46.8 Å². The predicted octanol–water partition coefficient (Wildman–Crippen LogP) is 3.58. The highest BCUT2D eigenvalue weighted by Crippen LogP contribution is 2.47. The number of amides is 1. The average molecular weight is 374 g/mol. The number of carboxylic acid groups (broad SMARTS) is 1. The van der Waals surface area contributed by atoms with Gasteiger partial charge in [-0.25, -0.2) is 4.79 Å². The molecule has 1 heterocycles. The number of carbonyl (C=O) groups excluding carboxylic acids is 1. The molecule has 2 rings (SSSR count). The quantitative estimate of drug-likeness (QED) is 0.860. The molecular weight excluding hydrogens is 366 g/mol. The molecule has 4 nitrogen and oxygen atoms in total. The Hall–Kier alpha value is -1.12. The van der Waals surface area contributed by atoms with E-state index >= 15 is 0 Å². The summed E-state index contributed by atoms with van der Waals surface area (Å²) in [5, 5.41) is 7.98. The third-order valence-electron chi connectivity index (χ3n) is 3.01. The first-order chi connectivity index (χ1) is 10.1. The summed E-state index contributed by atoms with van der Waals surface area (Å²) in [4.78, 5) is 23.1.